The number of halogens is 2. The van der Waals surface area contributed by atoms with E-state index >= 15 is 0 Å². The lowest BCUT2D eigenvalue weighted by Crippen LogP contribution is -2.32. The molecule has 1 aliphatic rings. The van der Waals surface area contributed by atoms with E-state index in [1.165, 1.54) is 17.5 Å². The molecule has 1 fully saturated rings. The summed E-state index contributed by atoms with van der Waals surface area (Å²) in [6, 6.07) is 11.5. The van der Waals surface area contributed by atoms with Crippen molar-refractivity contribution in [3.8, 4) is 11.5 Å². The van der Waals surface area contributed by atoms with Gasteiger partial charge in [-0.2, -0.15) is 0 Å². The maximum atomic E-state index is 6.18. The number of para-hydroxylation sites is 1. The molecule has 114 valence electrons. The van der Waals surface area contributed by atoms with Crippen molar-refractivity contribution in [2.45, 2.75) is 31.6 Å². The van der Waals surface area contributed by atoms with Crippen molar-refractivity contribution in [3.63, 3.8) is 0 Å². The molecular weight excluding hydrogens is 315 g/mol. The van der Waals surface area contributed by atoms with Gasteiger partial charge in [0.1, 0.15) is 5.75 Å². The molecule has 0 bridgehead atoms. The summed E-state index contributed by atoms with van der Waals surface area (Å²) in [5, 5.41) is 1.02. The van der Waals surface area contributed by atoms with Crippen LogP contribution in [0.5, 0.6) is 11.5 Å². The first-order valence-corrected chi connectivity index (χ1v) is 8.18. The van der Waals surface area contributed by atoms with Gasteiger partial charge < -0.3 is 4.74 Å². The van der Waals surface area contributed by atoms with Crippen molar-refractivity contribution in [1.29, 1.82) is 0 Å². The molecule has 0 spiro atoms. The van der Waals surface area contributed by atoms with Crippen LogP contribution in [0.3, 0.4) is 0 Å². The summed E-state index contributed by atoms with van der Waals surface area (Å²) in [5.74, 6) is 1.26. The second-order valence-electron chi connectivity index (χ2n) is 5.84. The first-order valence-electron chi connectivity index (χ1n) is 7.42. The van der Waals surface area contributed by atoms with E-state index in [0.717, 1.165) is 18.6 Å². The maximum Gasteiger partial charge on any atom is 0.164 e. The number of hydrogen-bond donors (Lipinski definition) is 0. The molecule has 1 aliphatic carbocycles. The molecule has 2 aromatic rings. The van der Waals surface area contributed by atoms with Gasteiger partial charge in [0.05, 0.1) is 10.0 Å². The molecule has 0 aromatic heterocycles. The molecule has 0 amide bonds. The van der Waals surface area contributed by atoms with Crippen molar-refractivity contribution in [2.75, 3.05) is 0 Å². The van der Waals surface area contributed by atoms with Gasteiger partial charge in [-0.1, -0.05) is 47.8 Å². The van der Waals surface area contributed by atoms with Gasteiger partial charge in [-0.3, -0.25) is 0 Å². The smallest absolute Gasteiger partial charge is 0.164 e. The van der Waals surface area contributed by atoms with E-state index in [1.807, 2.05) is 6.07 Å². The first kappa shape index (κ1) is 15.5. The highest BCUT2D eigenvalue weighted by Gasteiger charge is 2.36. The van der Waals surface area contributed by atoms with Gasteiger partial charge in [0.25, 0.3) is 0 Å². The van der Waals surface area contributed by atoms with Gasteiger partial charge in [-0.05, 0) is 55.2 Å². The molecule has 0 heterocycles. The number of hydrogen-bond acceptors (Lipinski definition) is 1. The fourth-order valence-corrected chi connectivity index (χ4v) is 3.51. The summed E-state index contributed by atoms with van der Waals surface area (Å²) in [6.45, 7) is 6.16. The molecule has 3 rings (SSSR count). The largest absolute Gasteiger partial charge is 0.454 e. The standard InChI is InChI=1S/C19H18Cl2O/c1-3-19(10-5-11-19)15-12-14(9-8-13(15)2)22-18-16(20)6-4-7-17(18)21/h3-4,6-9,12H,1,5,10-11H2,2H3. The Labute approximate surface area is 141 Å². The normalized spacial score (nSPS) is 16.0. The highest BCUT2D eigenvalue weighted by Crippen LogP contribution is 2.47. The Morgan fingerprint density at radius 3 is 2.36 bits per heavy atom. The zero-order chi connectivity index (χ0) is 15.7. The Bertz CT molecular complexity index is 697. The van der Waals surface area contributed by atoms with Crippen LogP contribution in [0.15, 0.2) is 49.1 Å². The first-order chi connectivity index (χ1) is 10.6. The van der Waals surface area contributed by atoms with Crippen LogP contribution in [0.25, 0.3) is 0 Å². The lowest BCUT2D eigenvalue weighted by atomic mass is 9.63. The van der Waals surface area contributed by atoms with Gasteiger partial charge in [0.15, 0.2) is 5.75 Å². The summed E-state index contributed by atoms with van der Waals surface area (Å²) < 4.78 is 5.95. The van der Waals surface area contributed by atoms with Gasteiger partial charge in [0.2, 0.25) is 0 Å². The minimum Gasteiger partial charge on any atom is -0.454 e. The zero-order valence-electron chi connectivity index (χ0n) is 12.5. The van der Waals surface area contributed by atoms with E-state index < -0.39 is 0 Å². The van der Waals surface area contributed by atoms with E-state index in [4.69, 9.17) is 27.9 Å². The number of rotatable bonds is 4. The van der Waals surface area contributed by atoms with Gasteiger partial charge in [0, 0.05) is 5.41 Å². The molecule has 0 radical (unpaired) electrons. The van der Waals surface area contributed by atoms with Crippen molar-refractivity contribution < 1.29 is 4.74 Å². The highest BCUT2D eigenvalue weighted by molar-refractivity contribution is 6.37. The fourth-order valence-electron chi connectivity index (χ4n) is 3.04. The summed E-state index contributed by atoms with van der Waals surface area (Å²) in [6.07, 6.45) is 5.61. The molecule has 1 nitrogen and oxygen atoms in total. The van der Waals surface area contributed by atoms with Crippen molar-refractivity contribution in [1.82, 2.24) is 0 Å². The monoisotopic (exact) mass is 332 g/mol. The second kappa shape index (κ2) is 5.98. The van der Waals surface area contributed by atoms with Gasteiger partial charge >= 0.3 is 0 Å². The molecule has 2 aromatic carbocycles. The quantitative estimate of drug-likeness (QED) is 0.566. The zero-order valence-corrected chi connectivity index (χ0v) is 14.0. The van der Waals surface area contributed by atoms with Gasteiger partial charge in [-0.25, -0.2) is 0 Å². The molecule has 0 N–H and O–H groups in total. The third-order valence-corrected chi connectivity index (χ3v) is 5.12. The van der Waals surface area contributed by atoms with E-state index in [9.17, 15) is 0 Å². The van der Waals surface area contributed by atoms with Crippen LogP contribution in [0.2, 0.25) is 10.0 Å². The Kier molecular flexibility index (Phi) is 4.20. The lowest BCUT2D eigenvalue weighted by Gasteiger charge is -2.41. The summed E-state index contributed by atoms with van der Waals surface area (Å²) in [5.41, 5.74) is 2.64. The molecule has 22 heavy (non-hydrogen) atoms. The highest BCUT2D eigenvalue weighted by atomic mass is 35.5. The summed E-state index contributed by atoms with van der Waals surface area (Å²) in [7, 11) is 0. The lowest BCUT2D eigenvalue weighted by molar-refractivity contribution is 0.312. The third-order valence-electron chi connectivity index (χ3n) is 4.52. The van der Waals surface area contributed by atoms with Gasteiger partial charge in [-0.15, -0.1) is 6.58 Å². The number of aryl methyl sites for hydroxylation is 1. The van der Waals surface area contributed by atoms with Crippen molar-refractivity contribution in [2.24, 2.45) is 0 Å². The molecule has 0 aliphatic heterocycles. The molecule has 0 saturated heterocycles. The third kappa shape index (κ3) is 2.64. The van der Waals surface area contributed by atoms with Crippen LogP contribution >= 0.6 is 23.2 Å². The van der Waals surface area contributed by atoms with Crippen LogP contribution in [-0.2, 0) is 5.41 Å². The molecule has 3 heteroatoms. The molecule has 1 saturated carbocycles. The Morgan fingerprint density at radius 2 is 1.82 bits per heavy atom. The minimum absolute atomic E-state index is 0.0910. The minimum atomic E-state index is 0.0910. The Balaban J connectivity index is 1.98. The maximum absolute atomic E-state index is 6.18. The van der Waals surface area contributed by atoms with Crippen LogP contribution in [-0.4, -0.2) is 0 Å². The van der Waals surface area contributed by atoms with Crippen LogP contribution in [0, 0.1) is 6.92 Å². The van der Waals surface area contributed by atoms with E-state index in [1.54, 1.807) is 18.2 Å². The Hall–Kier alpha value is -1.44. The van der Waals surface area contributed by atoms with E-state index in [0.29, 0.717) is 15.8 Å². The average molecular weight is 333 g/mol. The van der Waals surface area contributed by atoms with Crippen molar-refractivity contribution >= 4 is 23.2 Å². The predicted octanol–water partition coefficient (Wildman–Crippen LogP) is 6.70. The van der Waals surface area contributed by atoms with E-state index in [-0.39, 0.29) is 5.41 Å². The average Bonchev–Trinajstić information content (AvgIpc) is 2.45. The molecule has 0 atom stereocenters. The van der Waals surface area contributed by atoms with E-state index in [2.05, 4.69) is 31.7 Å². The predicted molar refractivity (Wildman–Crippen MR) is 93.4 cm³/mol. The second-order valence-corrected chi connectivity index (χ2v) is 6.66. The Morgan fingerprint density at radius 1 is 1.14 bits per heavy atom. The summed E-state index contributed by atoms with van der Waals surface area (Å²) >= 11 is 12.4. The molecular formula is C19H18Cl2O. The van der Waals surface area contributed by atoms with Crippen molar-refractivity contribution in [3.05, 3.63) is 70.2 Å². The van der Waals surface area contributed by atoms with Crippen LogP contribution < -0.4 is 4.74 Å². The van der Waals surface area contributed by atoms with Crippen LogP contribution in [0.1, 0.15) is 30.4 Å². The number of allylic oxidation sites excluding steroid dienone is 1. The SMILES string of the molecule is C=CC1(c2cc(Oc3c(Cl)cccc3Cl)ccc2C)CCC1. The van der Waals surface area contributed by atoms with Crippen LogP contribution in [0.4, 0.5) is 0 Å². The number of benzene rings is 2. The molecule has 0 unspecified atom stereocenters. The number of ether oxygens (including phenoxy) is 1. The summed E-state index contributed by atoms with van der Waals surface area (Å²) in [4.78, 5) is 0. The fraction of sp³-hybridized carbons (Fsp3) is 0.263. The topological polar surface area (TPSA) is 9.23 Å².